The number of carbonyl (C=O) groups excluding carboxylic acids is 2. The molecule has 0 aromatic carbocycles. The highest BCUT2D eigenvalue weighted by Gasteiger charge is 2.60. The molecule has 0 aliphatic heterocycles. The molecule has 0 bridgehead atoms. The Kier molecular flexibility index (Phi) is 5.87. The zero-order valence-electron chi connectivity index (χ0n) is 19.6. The Hall–Kier alpha value is -1.62. The van der Waals surface area contributed by atoms with Crippen molar-refractivity contribution in [3.8, 4) is 0 Å². The fourth-order valence-corrected chi connectivity index (χ4v) is 7.82. The van der Waals surface area contributed by atoms with Crippen molar-refractivity contribution >= 4 is 11.9 Å². The Morgan fingerprint density at radius 1 is 1.13 bits per heavy atom. The normalized spacial score (nSPS) is 42.3. The quantitative estimate of drug-likeness (QED) is 0.522. The maximum atomic E-state index is 12.0. The Bertz CT molecular complexity index is 813. The van der Waals surface area contributed by atoms with Gasteiger partial charge in [-0.15, -0.1) is 0 Å². The molecule has 0 amide bonds. The highest BCUT2D eigenvalue weighted by molar-refractivity contribution is 5.67. The van der Waals surface area contributed by atoms with Gasteiger partial charge in [0, 0.05) is 44.6 Å². The molecule has 0 radical (unpaired) electrons. The molecule has 0 heterocycles. The van der Waals surface area contributed by atoms with Crippen LogP contribution < -0.4 is 0 Å². The number of rotatable bonds is 4. The van der Waals surface area contributed by atoms with Crippen molar-refractivity contribution < 1.29 is 24.2 Å². The minimum atomic E-state index is -0.277. The lowest BCUT2D eigenvalue weighted by Crippen LogP contribution is -2.56. The summed E-state index contributed by atoms with van der Waals surface area (Å²) in [5.41, 5.74) is 2.68. The molecule has 31 heavy (non-hydrogen) atoms. The summed E-state index contributed by atoms with van der Waals surface area (Å²) in [6, 6.07) is 0. The number of hydrogen-bond donors (Lipinski definition) is 1. The van der Waals surface area contributed by atoms with Gasteiger partial charge in [-0.05, 0) is 48.9 Å². The third kappa shape index (κ3) is 3.57. The molecule has 0 aromatic rings. The van der Waals surface area contributed by atoms with Crippen LogP contribution in [0, 0.1) is 34.5 Å². The second kappa shape index (κ2) is 8.06. The number of aliphatic hydroxyl groups is 1. The second-order valence-corrected chi connectivity index (χ2v) is 10.8. The highest BCUT2D eigenvalue weighted by Crippen LogP contribution is 2.66. The third-order valence-electron chi connectivity index (χ3n) is 9.22. The standard InChI is InChI=1S/C26H38O5/c1-15(14-27)21-8-9-22-20-7-6-18-12-19(30-16(2)28)13-24(31-17(3)29)26(18,5)23(20)10-11-25(21,22)4/h6,8,15,19-20,22-24,27H,7,9-14H2,1-5H3/t15-,19-,20+,22+,23+,24+,25-,26+/m1/s1. The predicted molar refractivity (Wildman–Crippen MR) is 118 cm³/mol. The molecule has 1 N–H and O–H groups in total. The Balaban J connectivity index is 1.66. The molecule has 2 saturated carbocycles. The summed E-state index contributed by atoms with van der Waals surface area (Å²) in [5, 5.41) is 9.80. The first-order valence-electron chi connectivity index (χ1n) is 12.0. The number of esters is 2. The van der Waals surface area contributed by atoms with E-state index < -0.39 is 0 Å². The Morgan fingerprint density at radius 3 is 2.48 bits per heavy atom. The molecular weight excluding hydrogens is 392 g/mol. The van der Waals surface area contributed by atoms with Crippen molar-refractivity contribution in [3.63, 3.8) is 0 Å². The minimum Gasteiger partial charge on any atom is -0.462 e. The summed E-state index contributed by atoms with van der Waals surface area (Å²) in [4.78, 5) is 23.6. The van der Waals surface area contributed by atoms with Crippen LogP contribution in [-0.2, 0) is 19.1 Å². The maximum absolute atomic E-state index is 12.0. The second-order valence-electron chi connectivity index (χ2n) is 10.8. The average Bonchev–Trinajstić information content (AvgIpc) is 3.04. The van der Waals surface area contributed by atoms with Gasteiger partial charge in [0.25, 0.3) is 0 Å². The lowest BCUT2D eigenvalue weighted by Gasteiger charge is -2.59. The first-order chi connectivity index (χ1) is 14.6. The van der Waals surface area contributed by atoms with Gasteiger partial charge in [0.2, 0.25) is 0 Å². The summed E-state index contributed by atoms with van der Waals surface area (Å²) in [6.45, 7) is 9.95. The molecule has 5 nitrogen and oxygen atoms in total. The largest absolute Gasteiger partial charge is 0.462 e. The average molecular weight is 431 g/mol. The fourth-order valence-electron chi connectivity index (χ4n) is 7.82. The molecule has 2 fully saturated rings. The van der Waals surface area contributed by atoms with Gasteiger partial charge in [0.1, 0.15) is 12.2 Å². The van der Waals surface area contributed by atoms with Crippen molar-refractivity contribution in [3.05, 3.63) is 23.3 Å². The van der Waals surface area contributed by atoms with Gasteiger partial charge in [0.05, 0.1) is 0 Å². The predicted octanol–water partition coefficient (Wildman–Crippen LogP) is 4.59. The van der Waals surface area contributed by atoms with E-state index in [1.807, 2.05) is 0 Å². The van der Waals surface area contributed by atoms with Gasteiger partial charge in [-0.3, -0.25) is 9.59 Å². The van der Waals surface area contributed by atoms with Crippen LogP contribution in [0.3, 0.4) is 0 Å². The first kappa shape index (κ1) is 22.6. The highest BCUT2D eigenvalue weighted by atomic mass is 16.6. The maximum Gasteiger partial charge on any atom is 0.302 e. The third-order valence-corrected chi connectivity index (χ3v) is 9.22. The number of ether oxygens (including phenoxy) is 2. The van der Waals surface area contributed by atoms with E-state index in [4.69, 9.17) is 9.47 Å². The topological polar surface area (TPSA) is 72.8 Å². The van der Waals surface area contributed by atoms with E-state index in [9.17, 15) is 14.7 Å². The zero-order chi connectivity index (χ0) is 22.6. The van der Waals surface area contributed by atoms with Gasteiger partial charge in [0.15, 0.2) is 0 Å². The van der Waals surface area contributed by atoms with Crippen LogP contribution in [0.1, 0.15) is 73.1 Å². The number of fused-ring (bicyclic) bond motifs is 5. The van der Waals surface area contributed by atoms with E-state index >= 15 is 0 Å². The van der Waals surface area contributed by atoms with E-state index in [1.54, 1.807) is 0 Å². The summed E-state index contributed by atoms with van der Waals surface area (Å²) < 4.78 is 11.5. The number of allylic oxidation sites excluding steroid dienone is 2. The lowest BCUT2D eigenvalue weighted by molar-refractivity contribution is -0.171. The lowest BCUT2D eigenvalue weighted by atomic mass is 9.46. The van der Waals surface area contributed by atoms with Crippen LogP contribution in [0.25, 0.3) is 0 Å². The summed E-state index contributed by atoms with van der Waals surface area (Å²) in [7, 11) is 0. The van der Waals surface area contributed by atoms with Crippen LogP contribution in [0.2, 0.25) is 0 Å². The molecule has 0 spiro atoms. The summed E-state index contributed by atoms with van der Waals surface area (Å²) in [6.07, 6.45) is 9.90. The molecular formula is C26H38O5. The van der Waals surface area contributed by atoms with Gasteiger partial charge in [-0.1, -0.05) is 44.1 Å². The van der Waals surface area contributed by atoms with Crippen LogP contribution in [0.15, 0.2) is 23.3 Å². The first-order valence-corrected chi connectivity index (χ1v) is 12.0. The summed E-state index contributed by atoms with van der Waals surface area (Å²) >= 11 is 0. The Labute approximate surface area is 186 Å². The van der Waals surface area contributed by atoms with Crippen molar-refractivity contribution in [2.45, 2.75) is 85.4 Å². The van der Waals surface area contributed by atoms with E-state index in [0.29, 0.717) is 24.2 Å². The molecule has 4 rings (SSSR count). The fraction of sp³-hybridized carbons (Fsp3) is 0.769. The molecule has 4 aliphatic rings. The van der Waals surface area contributed by atoms with Crippen LogP contribution >= 0.6 is 0 Å². The molecule has 0 aromatic heterocycles. The molecule has 4 aliphatic carbocycles. The van der Waals surface area contributed by atoms with E-state index in [0.717, 1.165) is 32.1 Å². The van der Waals surface area contributed by atoms with Crippen molar-refractivity contribution in [1.82, 2.24) is 0 Å². The number of aliphatic hydroxyl groups excluding tert-OH is 1. The number of carbonyl (C=O) groups is 2. The smallest absolute Gasteiger partial charge is 0.302 e. The van der Waals surface area contributed by atoms with Crippen molar-refractivity contribution in [2.24, 2.45) is 34.5 Å². The van der Waals surface area contributed by atoms with Gasteiger partial charge >= 0.3 is 11.9 Å². The van der Waals surface area contributed by atoms with Gasteiger partial charge in [-0.25, -0.2) is 0 Å². The van der Waals surface area contributed by atoms with Crippen LogP contribution in [0.4, 0.5) is 0 Å². The monoisotopic (exact) mass is 430 g/mol. The van der Waals surface area contributed by atoms with Crippen LogP contribution in [-0.4, -0.2) is 35.9 Å². The van der Waals surface area contributed by atoms with Crippen molar-refractivity contribution in [2.75, 3.05) is 6.61 Å². The minimum absolute atomic E-state index is 0.150. The molecule has 172 valence electrons. The number of hydrogen-bond acceptors (Lipinski definition) is 5. The van der Waals surface area contributed by atoms with Crippen molar-refractivity contribution in [1.29, 1.82) is 0 Å². The van der Waals surface area contributed by atoms with E-state index in [1.165, 1.54) is 25.0 Å². The van der Waals surface area contributed by atoms with Gasteiger partial charge < -0.3 is 14.6 Å². The molecule has 0 saturated heterocycles. The molecule has 0 unspecified atom stereocenters. The van der Waals surface area contributed by atoms with E-state index in [2.05, 4.69) is 32.9 Å². The molecule has 8 atom stereocenters. The SMILES string of the molecule is CC(=O)O[C@@H]1CC2=CC[C@@H]3[C@H](CC[C@]4(C)C([C@H](C)CO)=CC[C@@H]34)[C@@]2(C)[C@@H](OC(C)=O)C1. The molecule has 5 heteroatoms. The zero-order valence-corrected chi connectivity index (χ0v) is 19.6. The Morgan fingerprint density at radius 2 is 1.84 bits per heavy atom. The summed E-state index contributed by atoms with van der Waals surface area (Å²) in [5.74, 6) is 1.22. The van der Waals surface area contributed by atoms with E-state index in [-0.39, 0.29) is 47.5 Å². The van der Waals surface area contributed by atoms with Gasteiger partial charge in [-0.2, -0.15) is 0 Å². The van der Waals surface area contributed by atoms with Crippen LogP contribution in [0.5, 0.6) is 0 Å².